The van der Waals surface area contributed by atoms with Gasteiger partial charge in [-0.25, -0.2) is 18.1 Å². The molecule has 0 bridgehead atoms. The van der Waals surface area contributed by atoms with E-state index in [2.05, 4.69) is 14.7 Å². The fraction of sp³-hybridized carbons (Fsp3) is 0.179. The number of aliphatic carboxylic acids is 1. The Labute approximate surface area is 221 Å². The van der Waals surface area contributed by atoms with Gasteiger partial charge >= 0.3 is 5.97 Å². The summed E-state index contributed by atoms with van der Waals surface area (Å²) in [6.07, 6.45) is 1.15. The lowest BCUT2D eigenvalue weighted by Gasteiger charge is -2.14. The van der Waals surface area contributed by atoms with Gasteiger partial charge in [0.15, 0.2) is 0 Å². The van der Waals surface area contributed by atoms with E-state index in [1.807, 2.05) is 44.2 Å². The van der Waals surface area contributed by atoms with Crippen molar-refractivity contribution >= 4 is 27.6 Å². The highest BCUT2D eigenvalue weighted by Gasteiger charge is 2.19. The van der Waals surface area contributed by atoms with E-state index in [0.717, 1.165) is 22.3 Å². The molecule has 38 heavy (non-hydrogen) atoms. The Balaban J connectivity index is 1.71. The average Bonchev–Trinajstić information content (AvgIpc) is 2.84. The SMILES string of the molecule is Cc1cccc(C)c1-c1cc(Oc2cccc(CCCC(=O)O)c2)nc(NS(=O)(=O)c2cccc(N)c2)n1. The summed E-state index contributed by atoms with van der Waals surface area (Å²) in [6.45, 7) is 3.89. The lowest BCUT2D eigenvalue weighted by atomic mass is 10.00. The molecule has 0 spiro atoms. The molecule has 4 rings (SSSR count). The molecule has 4 N–H and O–H groups in total. The summed E-state index contributed by atoms with van der Waals surface area (Å²) in [5.74, 6) is -0.370. The molecule has 0 radical (unpaired) electrons. The number of benzene rings is 3. The van der Waals surface area contributed by atoms with Crippen molar-refractivity contribution in [2.24, 2.45) is 0 Å². The molecule has 196 valence electrons. The number of rotatable bonds is 10. The molecule has 10 heteroatoms. The molecule has 0 fully saturated rings. The highest BCUT2D eigenvalue weighted by molar-refractivity contribution is 7.92. The number of carboxylic acids is 1. The van der Waals surface area contributed by atoms with E-state index in [4.69, 9.17) is 15.6 Å². The zero-order valence-electron chi connectivity index (χ0n) is 21.0. The van der Waals surface area contributed by atoms with Gasteiger partial charge in [-0.2, -0.15) is 4.98 Å². The summed E-state index contributed by atoms with van der Waals surface area (Å²) < 4.78 is 34.6. The first-order chi connectivity index (χ1) is 18.1. The molecule has 1 heterocycles. The molecule has 1 aromatic heterocycles. The number of nitrogens with zero attached hydrogens (tertiary/aromatic N) is 2. The number of carboxylic acid groups (broad SMARTS) is 1. The van der Waals surface area contributed by atoms with Gasteiger partial charge in [-0.3, -0.25) is 4.79 Å². The number of ether oxygens (including phenoxy) is 1. The first kappa shape index (κ1) is 26.6. The molecule has 0 atom stereocenters. The van der Waals surface area contributed by atoms with Crippen LogP contribution >= 0.6 is 0 Å². The lowest BCUT2D eigenvalue weighted by molar-refractivity contribution is -0.137. The first-order valence-electron chi connectivity index (χ1n) is 11.9. The Morgan fingerprint density at radius 1 is 0.974 bits per heavy atom. The molecule has 0 unspecified atom stereocenters. The summed E-state index contributed by atoms with van der Waals surface area (Å²) >= 11 is 0. The van der Waals surface area contributed by atoms with E-state index in [0.29, 0.717) is 30.0 Å². The van der Waals surface area contributed by atoms with E-state index in [1.165, 1.54) is 12.1 Å². The minimum atomic E-state index is -4.03. The summed E-state index contributed by atoms with van der Waals surface area (Å²) in [5, 5.41) is 8.90. The zero-order valence-corrected chi connectivity index (χ0v) is 21.8. The van der Waals surface area contributed by atoms with Gasteiger partial charge in [0, 0.05) is 23.7 Å². The second-order valence-electron chi connectivity index (χ2n) is 8.86. The van der Waals surface area contributed by atoms with Crippen molar-refractivity contribution < 1.29 is 23.1 Å². The quantitative estimate of drug-likeness (QED) is 0.232. The molecular weight excluding hydrogens is 504 g/mol. The third-order valence-electron chi connectivity index (χ3n) is 5.81. The van der Waals surface area contributed by atoms with E-state index < -0.39 is 16.0 Å². The van der Waals surface area contributed by atoms with Crippen molar-refractivity contribution in [2.75, 3.05) is 10.5 Å². The first-order valence-corrected chi connectivity index (χ1v) is 13.4. The third-order valence-corrected chi connectivity index (χ3v) is 7.14. The molecule has 3 aromatic carbocycles. The summed E-state index contributed by atoms with van der Waals surface area (Å²) in [4.78, 5) is 19.7. The van der Waals surface area contributed by atoms with Crippen molar-refractivity contribution in [1.29, 1.82) is 0 Å². The van der Waals surface area contributed by atoms with Crippen LogP contribution in [-0.2, 0) is 21.2 Å². The van der Waals surface area contributed by atoms with Crippen molar-refractivity contribution in [3.8, 4) is 22.9 Å². The predicted octanol–water partition coefficient (Wildman–Crippen LogP) is 5.34. The fourth-order valence-corrected chi connectivity index (χ4v) is 5.06. The lowest BCUT2D eigenvalue weighted by Crippen LogP contribution is -2.16. The largest absolute Gasteiger partial charge is 0.481 e. The van der Waals surface area contributed by atoms with Crippen LogP contribution in [0.5, 0.6) is 11.6 Å². The molecule has 9 nitrogen and oxygen atoms in total. The number of nitrogens with two attached hydrogens (primary N) is 1. The minimum Gasteiger partial charge on any atom is -0.481 e. The molecule has 4 aromatic rings. The van der Waals surface area contributed by atoms with E-state index in [-0.39, 0.29) is 23.1 Å². The molecule has 0 aliphatic rings. The maximum absolute atomic E-state index is 13.1. The number of hydrogen-bond acceptors (Lipinski definition) is 7. The van der Waals surface area contributed by atoms with Crippen molar-refractivity contribution in [2.45, 2.75) is 38.0 Å². The van der Waals surface area contributed by atoms with Crippen LogP contribution in [0.25, 0.3) is 11.3 Å². The highest BCUT2D eigenvalue weighted by atomic mass is 32.2. The van der Waals surface area contributed by atoms with Crippen LogP contribution < -0.4 is 15.2 Å². The van der Waals surface area contributed by atoms with Crippen LogP contribution in [0.4, 0.5) is 11.6 Å². The minimum absolute atomic E-state index is 0.0184. The Hall–Kier alpha value is -4.44. The number of anilines is 2. The van der Waals surface area contributed by atoms with Crippen LogP contribution in [0, 0.1) is 13.8 Å². The zero-order chi connectivity index (χ0) is 27.3. The standard InChI is InChI=1S/C28H28N4O5S/c1-18-7-3-8-19(2)27(18)24-17-25(37-22-12-4-9-20(15-22)10-5-14-26(33)34)31-28(30-24)32-38(35,36)23-13-6-11-21(29)16-23/h3-4,6-9,11-13,15-17H,5,10,14,29H2,1-2H3,(H,33,34)(H,30,31,32). The van der Waals surface area contributed by atoms with Crippen LogP contribution in [0.1, 0.15) is 29.5 Å². The number of nitrogen functional groups attached to an aromatic ring is 1. The van der Waals surface area contributed by atoms with Gasteiger partial charge in [0.05, 0.1) is 10.6 Å². The number of sulfonamides is 1. The second kappa shape index (κ2) is 11.3. The van der Waals surface area contributed by atoms with Crippen molar-refractivity contribution in [3.63, 3.8) is 0 Å². The summed E-state index contributed by atoms with van der Waals surface area (Å²) in [5.41, 5.74) is 10.2. The number of carbonyl (C=O) groups is 1. The maximum atomic E-state index is 13.1. The Kier molecular flexibility index (Phi) is 7.92. The monoisotopic (exact) mass is 532 g/mol. The molecule has 0 aliphatic heterocycles. The van der Waals surface area contributed by atoms with Gasteiger partial charge in [-0.15, -0.1) is 0 Å². The number of aryl methyl sites for hydroxylation is 3. The van der Waals surface area contributed by atoms with Gasteiger partial charge < -0.3 is 15.6 Å². The smallest absolute Gasteiger partial charge is 0.303 e. The van der Waals surface area contributed by atoms with E-state index in [9.17, 15) is 13.2 Å². The topological polar surface area (TPSA) is 144 Å². The fourth-order valence-electron chi connectivity index (χ4n) is 4.06. The number of nitrogens with one attached hydrogen (secondary N) is 1. The Bertz CT molecular complexity index is 1570. The Morgan fingerprint density at radius 2 is 1.68 bits per heavy atom. The second-order valence-corrected chi connectivity index (χ2v) is 10.5. The number of aromatic nitrogens is 2. The van der Waals surface area contributed by atoms with Gasteiger partial charge in [-0.05, 0) is 73.7 Å². The Morgan fingerprint density at radius 3 is 2.39 bits per heavy atom. The molecule has 0 saturated heterocycles. The van der Waals surface area contributed by atoms with Crippen LogP contribution in [0.3, 0.4) is 0 Å². The predicted molar refractivity (Wildman–Crippen MR) is 146 cm³/mol. The molecule has 0 aliphatic carbocycles. The third kappa shape index (κ3) is 6.65. The van der Waals surface area contributed by atoms with Gasteiger partial charge in [0.2, 0.25) is 11.8 Å². The highest BCUT2D eigenvalue weighted by Crippen LogP contribution is 2.31. The summed E-state index contributed by atoms with van der Waals surface area (Å²) in [7, 11) is -4.03. The molecule has 0 saturated carbocycles. The molecular formula is C28H28N4O5S. The van der Waals surface area contributed by atoms with Crippen molar-refractivity contribution in [1.82, 2.24) is 9.97 Å². The summed E-state index contributed by atoms with van der Waals surface area (Å²) in [6, 6.07) is 20.7. The number of hydrogen-bond donors (Lipinski definition) is 3. The van der Waals surface area contributed by atoms with E-state index >= 15 is 0 Å². The normalized spacial score (nSPS) is 11.2. The van der Waals surface area contributed by atoms with E-state index in [1.54, 1.807) is 30.3 Å². The maximum Gasteiger partial charge on any atom is 0.303 e. The van der Waals surface area contributed by atoms with Crippen LogP contribution in [0.2, 0.25) is 0 Å². The van der Waals surface area contributed by atoms with Crippen LogP contribution in [0.15, 0.2) is 77.7 Å². The van der Waals surface area contributed by atoms with Gasteiger partial charge in [0.25, 0.3) is 10.0 Å². The van der Waals surface area contributed by atoms with Gasteiger partial charge in [0.1, 0.15) is 5.75 Å². The van der Waals surface area contributed by atoms with Crippen molar-refractivity contribution in [3.05, 3.63) is 89.5 Å². The average molecular weight is 533 g/mol. The van der Waals surface area contributed by atoms with Gasteiger partial charge in [-0.1, -0.05) is 36.4 Å². The van der Waals surface area contributed by atoms with Crippen LogP contribution in [-0.4, -0.2) is 29.5 Å². The molecule has 0 amide bonds.